The van der Waals surface area contributed by atoms with Gasteiger partial charge in [-0.2, -0.15) is 0 Å². The van der Waals surface area contributed by atoms with Crippen LogP contribution in [0.2, 0.25) is 0 Å². The topological polar surface area (TPSA) is 123 Å². The van der Waals surface area contributed by atoms with E-state index in [1.807, 2.05) is 26.0 Å². The smallest absolute Gasteiger partial charge is 0.145 e. The molecule has 8 N–H and O–H groups in total. The number of hydrogen-bond acceptors (Lipinski definition) is 6. The van der Waals surface area contributed by atoms with Gasteiger partial charge in [0.25, 0.3) is 0 Å². The predicted octanol–water partition coefficient (Wildman–Crippen LogP) is 4.17. The molecule has 0 aliphatic heterocycles. The Morgan fingerprint density at radius 3 is 1.26 bits per heavy atom. The van der Waals surface area contributed by atoms with Crippen molar-refractivity contribution in [3.05, 3.63) is 35.4 Å². The Bertz CT molecular complexity index is 612. The summed E-state index contributed by atoms with van der Waals surface area (Å²) in [4.78, 5) is 0. The van der Waals surface area contributed by atoms with Crippen molar-refractivity contribution in [1.29, 1.82) is 0 Å². The molecule has 6 nitrogen and oxygen atoms in total. The molecule has 0 spiro atoms. The first-order valence-corrected chi connectivity index (χ1v) is 7.45. The highest BCUT2D eigenvalue weighted by Gasteiger charge is 2.08. The minimum absolute atomic E-state index is 0. The molecule has 2 aromatic carbocycles. The first-order valence-electron chi connectivity index (χ1n) is 7.45. The van der Waals surface area contributed by atoms with E-state index in [2.05, 4.69) is 0 Å². The van der Waals surface area contributed by atoms with Crippen molar-refractivity contribution in [3.8, 4) is 11.5 Å². The van der Waals surface area contributed by atoms with Crippen LogP contribution < -0.4 is 32.4 Å². The molecular formula is C17H28Cl4N4O2. The number of nitrogen functional groups attached to an aromatic ring is 4. The largest absolute Gasteiger partial charge is 0.491 e. The molecule has 0 saturated carbocycles. The van der Waals surface area contributed by atoms with Gasteiger partial charge in [-0.15, -0.1) is 49.6 Å². The van der Waals surface area contributed by atoms with Crippen molar-refractivity contribution in [3.63, 3.8) is 0 Å². The lowest BCUT2D eigenvalue weighted by atomic mass is 10.1. The van der Waals surface area contributed by atoms with E-state index in [1.165, 1.54) is 0 Å². The maximum Gasteiger partial charge on any atom is 0.145 e. The summed E-state index contributed by atoms with van der Waals surface area (Å²) in [5, 5.41) is 0. The number of benzene rings is 2. The first-order chi connectivity index (χ1) is 10.9. The van der Waals surface area contributed by atoms with Gasteiger partial charge in [-0.1, -0.05) is 0 Å². The van der Waals surface area contributed by atoms with Crippen molar-refractivity contribution in [1.82, 2.24) is 0 Å². The molecular weight excluding hydrogens is 434 g/mol. The van der Waals surface area contributed by atoms with Crippen LogP contribution in [0.15, 0.2) is 24.3 Å². The first kappa shape index (κ1) is 30.1. The summed E-state index contributed by atoms with van der Waals surface area (Å²) < 4.78 is 11.5. The average Bonchev–Trinajstić information content (AvgIpc) is 2.42. The molecule has 27 heavy (non-hydrogen) atoms. The summed E-state index contributed by atoms with van der Waals surface area (Å²) in [5.41, 5.74) is 27.5. The van der Waals surface area contributed by atoms with Gasteiger partial charge in [-0.3, -0.25) is 0 Å². The van der Waals surface area contributed by atoms with E-state index in [9.17, 15) is 0 Å². The van der Waals surface area contributed by atoms with E-state index in [-0.39, 0.29) is 49.6 Å². The quantitative estimate of drug-likeness (QED) is 0.378. The van der Waals surface area contributed by atoms with Gasteiger partial charge in [0.1, 0.15) is 11.5 Å². The molecule has 0 aromatic heterocycles. The van der Waals surface area contributed by atoms with Gasteiger partial charge in [0.15, 0.2) is 0 Å². The minimum atomic E-state index is 0. The van der Waals surface area contributed by atoms with E-state index in [4.69, 9.17) is 32.4 Å². The highest BCUT2D eigenvalue weighted by Crippen LogP contribution is 2.30. The number of aryl methyl sites for hydroxylation is 2. The number of nitrogens with two attached hydrogens (primary N) is 4. The van der Waals surface area contributed by atoms with Crippen LogP contribution in [0.4, 0.5) is 22.7 Å². The molecule has 0 aliphatic rings. The van der Waals surface area contributed by atoms with Crippen LogP contribution in [0.25, 0.3) is 0 Å². The zero-order valence-electron chi connectivity index (χ0n) is 15.2. The fraction of sp³-hybridized carbons (Fsp3) is 0.294. The molecule has 156 valence electrons. The Morgan fingerprint density at radius 2 is 0.963 bits per heavy atom. The summed E-state index contributed by atoms with van der Waals surface area (Å²) >= 11 is 0. The van der Waals surface area contributed by atoms with Crippen LogP contribution in [0.5, 0.6) is 11.5 Å². The zero-order chi connectivity index (χ0) is 17.0. The molecule has 0 atom stereocenters. The summed E-state index contributed by atoms with van der Waals surface area (Å²) in [6.45, 7) is 4.81. The number of halogens is 4. The zero-order valence-corrected chi connectivity index (χ0v) is 18.5. The molecule has 10 heteroatoms. The Hall–Kier alpha value is -1.60. The highest BCUT2D eigenvalue weighted by molar-refractivity contribution is 5.86. The third-order valence-corrected chi connectivity index (χ3v) is 3.43. The monoisotopic (exact) mass is 460 g/mol. The molecule has 0 fully saturated rings. The second-order valence-electron chi connectivity index (χ2n) is 5.56. The van der Waals surface area contributed by atoms with Gasteiger partial charge in [0.05, 0.1) is 24.6 Å². The molecule has 0 radical (unpaired) electrons. The van der Waals surface area contributed by atoms with E-state index >= 15 is 0 Å². The van der Waals surface area contributed by atoms with Crippen LogP contribution in [0.3, 0.4) is 0 Å². The Kier molecular flexibility index (Phi) is 15.1. The number of ether oxygens (including phenoxy) is 2. The maximum absolute atomic E-state index is 5.92. The third-order valence-electron chi connectivity index (χ3n) is 3.43. The second kappa shape index (κ2) is 13.6. The van der Waals surface area contributed by atoms with Gasteiger partial charge in [-0.05, 0) is 49.2 Å². The Balaban J connectivity index is -0.00000144. The lowest BCUT2D eigenvalue weighted by Gasteiger charge is -2.14. The van der Waals surface area contributed by atoms with Gasteiger partial charge in [-0.25, -0.2) is 0 Å². The minimum Gasteiger partial charge on any atom is -0.491 e. The van der Waals surface area contributed by atoms with E-state index in [1.54, 1.807) is 12.1 Å². The average molecular weight is 462 g/mol. The number of rotatable bonds is 6. The fourth-order valence-corrected chi connectivity index (χ4v) is 2.46. The lowest BCUT2D eigenvalue weighted by Crippen LogP contribution is -2.09. The molecule has 0 saturated heterocycles. The molecule has 0 unspecified atom stereocenters. The van der Waals surface area contributed by atoms with Gasteiger partial charge in [0.2, 0.25) is 0 Å². The number of anilines is 4. The van der Waals surface area contributed by atoms with Crippen LogP contribution in [0, 0.1) is 13.8 Å². The molecule has 2 aromatic rings. The molecule has 0 heterocycles. The van der Waals surface area contributed by atoms with Crippen LogP contribution in [-0.2, 0) is 0 Å². The van der Waals surface area contributed by atoms with Gasteiger partial charge in [0, 0.05) is 17.8 Å². The molecule has 2 rings (SSSR count). The summed E-state index contributed by atoms with van der Waals surface area (Å²) in [6, 6.07) is 7.05. The number of hydrogen-bond donors (Lipinski definition) is 4. The van der Waals surface area contributed by atoms with E-state index in [0.29, 0.717) is 53.9 Å². The van der Waals surface area contributed by atoms with Crippen molar-refractivity contribution in [2.24, 2.45) is 0 Å². The molecule has 0 aliphatic carbocycles. The van der Waals surface area contributed by atoms with Crippen molar-refractivity contribution < 1.29 is 9.47 Å². The Labute approximate surface area is 185 Å². The normalized spacial score (nSPS) is 8.96. The second-order valence-corrected chi connectivity index (χ2v) is 5.56. The van der Waals surface area contributed by atoms with Crippen LogP contribution in [0.1, 0.15) is 17.5 Å². The fourth-order valence-electron chi connectivity index (χ4n) is 2.46. The maximum atomic E-state index is 5.92. The van der Waals surface area contributed by atoms with Crippen molar-refractivity contribution in [2.45, 2.75) is 20.3 Å². The van der Waals surface area contributed by atoms with Crippen LogP contribution in [-0.4, -0.2) is 13.2 Å². The van der Waals surface area contributed by atoms with Gasteiger partial charge >= 0.3 is 0 Å². The van der Waals surface area contributed by atoms with E-state index < -0.39 is 0 Å². The summed E-state index contributed by atoms with van der Waals surface area (Å²) in [6.07, 6.45) is 0.701. The highest BCUT2D eigenvalue weighted by atomic mass is 35.5. The molecule has 0 bridgehead atoms. The third kappa shape index (κ3) is 8.30. The standard InChI is InChI=1S/C17H24N4O2.4ClH/c1-10-6-12(18)8-14(20)16(10)22-4-3-5-23-17-11(2)7-13(19)9-15(17)21;;;;/h6-9H,3-5,18-21H2,1-2H3;4*1H. The van der Waals surface area contributed by atoms with Crippen LogP contribution >= 0.6 is 49.6 Å². The lowest BCUT2D eigenvalue weighted by molar-refractivity contribution is 0.247. The van der Waals surface area contributed by atoms with Crippen molar-refractivity contribution in [2.75, 3.05) is 36.1 Å². The summed E-state index contributed by atoms with van der Waals surface area (Å²) in [7, 11) is 0. The van der Waals surface area contributed by atoms with E-state index in [0.717, 1.165) is 11.1 Å². The summed E-state index contributed by atoms with van der Waals surface area (Å²) in [5.74, 6) is 1.34. The predicted molar refractivity (Wildman–Crippen MR) is 125 cm³/mol. The van der Waals surface area contributed by atoms with Crippen molar-refractivity contribution >= 4 is 72.4 Å². The Morgan fingerprint density at radius 1 is 0.630 bits per heavy atom. The molecule has 0 amide bonds. The van der Waals surface area contributed by atoms with Gasteiger partial charge < -0.3 is 32.4 Å². The SMILES string of the molecule is Cc1cc(N)cc(N)c1OCCCOc1c(C)cc(N)cc1N.Cl.Cl.Cl.Cl.